The lowest BCUT2D eigenvalue weighted by Crippen LogP contribution is -2.55. The zero-order valence-electron chi connectivity index (χ0n) is 25.9. The Labute approximate surface area is 248 Å². The van der Waals surface area contributed by atoms with E-state index in [1.807, 2.05) is 4.31 Å². The van der Waals surface area contributed by atoms with Crippen LogP contribution in [-0.4, -0.2) is 55.1 Å². The summed E-state index contributed by atoms with van der Waals surface area (Å²) in [5.74, 6) is -0.327. The number of carbonyl (C=O) groups is 2. The molecule has 2 bridgehead atoms. The van der Waals surface area contributed by atoms with E-state index in [9.17, 15) is 23.3 Å². The summed E-state index contributed by atoms with van der Waals surface area (Å²) < 4.78 is 37.4. The summed E-state index contributed by atoms with van der Waals surface area (Å²) in [5, 5.41) is 12.7. The molecule has 1 amide bonds. The van der Waals surface area contributed by atoms with Crippen molar-refractivity contribution in [3.63, 3.8) is 0 Å². The lowest BCUT2D eigenvalue weighted by Gasteiger charge is -2.46. The van der Waals surface area contributed by atoms with Crippen LogP contribution in [0.3, 0.4) is 0 Å². The number of sulfonamides is 1. The van der Waals surface area contributed by atoms with E-state index in [0.717, 1.165) is 64.2 Å². The largest absolute Gasteiger partial charge is 0.461 e. The molecule has 0 spiro atoms. The summed E-state index contributed by atoms with van der Waals surface area (Å²) >= 11 is 0. The molecule has 8 nitrogen and oxygen atoms in total. The molecule has 0 aromatic carbocycles. The number of nitrogens with one attached hydrogen (secondary N) is 1. The maximum absolute atomic E-state index is 14.6. The van der Waals surface area contributed by atoms with Crippen LogP contribution in [0.1, 0.15) is 130 Å². The molecule has 4 aliphatic carbocycles. The van der Waals surface area contributed by atoms with Crippen LogP contribution in [0.4, 0.5) is 0 Å². The molecule has 41 heavy (non-hydrogen) atoms. The van der Waals surface area contributed by atoms with Crippen LogP contribution >= 0.6 is 0 Å². The fraction of sp³-hybridized carbons (Fsp3) is 0.906. The molecule has 0 radical (unpaired) electrons. The van der Waals surface area contributed by atoms with Gasteiger partial charge in [-0.15, -0.1) is 0 Å². The maximum atomic E-state index is 14.6. The van der Waals surface area contributed by atoms with Crippen LogP contribution in [0.25, 0.3) is 0 Å². The van der Waals surface area contributed by atoms with E-state index in [4.69, 9.17) is 4.74 Å². The zero-order chi connectivity index (χ0) is 29.9. The first-order chi connectivity index (χ1) is 19.4. The molecule has 232 valence electrons. The molecule has 4 rings (SSSR count). The predicted octanol–water partition coefficient (Wildman–Crippen LogP) is 5.86. The average Bonchev–Trinajstić information content (AvgIpc) is 3.28. The van der Waals surface area contributed by atoms with Crippen molar-refractivity contribution < 1.29 is 22.7 Å². The van der Waals surface area contributed by atoms with E-state index in [1.54, 1.807) is 6.92 Å². The highest BCUT2D eigenvalue weighted by atomic mass is 32.2. The van der Waals surface area contributed by atoms with Gasteiger partial charge in [0, 0.05) is 31.0 Å². The van der Waals surface area contributed by atoms with Gasteiger partial charge in [0.2, 0.25) is 15.9 Å². The standard InChI is InChI=1S/C32H53N3O5S/c1-24(36)34-20-12-11-18-31(4,22-33)29(37)40-28-21-25-17-19-32(28,30(25,2)3)23-41(38,39)35(26-13-7-5-8-14-26)27-15-9-6-10-16-27/h25-28H,5-21,23H2,1-4H3,(H,34,36)/t25-,28-,31-,32-/m1/s1. The van der Waals surface area contributed by atoms with E-state index in [0.29, 0.717) is 38.1 Å². The number of nitrogens with zero attached hydrogens (tertiary/aromatic N) is 2. The summed E-state index contributed by atoms with van der Waals surface area (Å²) in [6.45, 7) is 7.94. The van der Waals surface area contributed by atoms with Crippen molar-refractivity contribution in [3.8, 4) is 6.07 Å². The first-order valence-electron chi connectivity index (χ1n) is 16.2. The molecule has 0 saturated heterocycles. The highest BCUT2D eigenvalue weighted by Gasteiger charge is 2.67. The van der Waals surface area contributed by atoms with E-state index in [1.165, 1.54) is 19.8 Å². The number of ether oxygens (including phenoxy) is 1. The quantitative estimate of drug-likeness (QED) is 0.225. The molecule has 1 N–H and O–H groups in total. The van der Waals surface area contributed by atoms with Gasteiger partial charge in [0.05, 0.1) is 11.8 Å². The molecular formula is C32H53N3O5S. The lowest BCUT2D eigenvalue weighted by molar-refractivity contribution is -0.165. The molecule has 0 unspecified atom stereocenters. The van der Waals surface area contributed by atoms with Gasteiger partial charge in [0.1, 0.15) is 6.10 Å². The minimum absolute atomic E-state index is 0.0223. The third-order valence-corrected chi connectivity index (χ3v) is 13.5. The van der Waals surface area contributed by atoms with Gasteiger partial charge in [-0.2, -0.15) is 9.57 Å². The number of hydrogen-bond acceptors (Lipinski definition) is 6. The number of unbranched alkanes of at least 4 members (excludes halogenated alkanes) is 1. The van der Waals surface area contributed by atoms with Crippen LogP contribution in [0, 0.1) is 33.5 Å². The van der Waals surface area contributed by atoms with Crippen molar-refractivity contribution >= 4 is 21.9 Å². The topological polar surface area (TPSA) is 117 Å². The first-order valence-corrected chi connectivity index (χ1v) is 17.9. The Kier molecular flexibility index (Phi) is 10.2. The number of carbonyl (C=O) groups excluding carboxylic acids is 2. The van der Waals surface area contributed by atoms with Gasteiger partial charge in [0.15, 0.2) is 5.41 Å². The molecule has 0 aromatic rings. The first kappa shape index (κ1) is 32.3. The molecular weight excluding hydrogens is 538 g/mol. The second kappa shape index (κ2) is 12.9. The normalized spacial score (nSPS) is 30.0. The van der Waals surface area contributed by atoms with Gasteiger partial charge in [-0.25, -0.2) is 8.42 Å². The number of hydrogen-bond donors (Lipinski definition) is 1. The van der Waals surface area contributed by atoms with Crippen molar-refractivity contribution in [2.75, 3.05) is 12.3 Å². The highest BCUT2D eigenvalue weighted by Crippen LogP contribution is 2.67. The molecule has 0 heterocycles. The van der Waals surface area contributed by atoms with Crippen molar-refractivity contribution in [1.82, 2.24) is 9.62 Å². The fourth-order valence-electron chi connectivity index (χ4n) is 8.66. The summed E-state index contributed by atoms with van der Waals surface area (Å²) in [6.07, 6.45) is 13.9. The molecule has 0 aliphatic heterocycles. The Balaban J connectivity index is 1.54. The number of amides is 1. The zero-order valence-corrected chi connectivity index (χ0v) is 26.7. The Morgan fingerprint density at radius 3 is 2.10 bits per heavy atom. The fourth-order valence-corrected chi connectivity index (χ4v) is 11.5. The highest BCUT2D eigenvalue weighted by molar-refractivity contribution is 7.89. The number of rotatable bonds is 12. The molecule has 0 aromatic heterocycles. The Bertz CT molecular complexity index is 1070. The summed E-state index contributed by atoms with van der Waals surface area (Å²) in [5.41, 5.74) is -2.24. The number of fused-ring (bicyclic) bond motifs is 2. The van der Waals surface area contributed by atoms with E-state index >= 15 is 0 Å². The summed E-state index contributed by atoms with van der Waals surface area (Å²) in [7, 11) is -3.61. The number of esters is 1. The Hall–Kier alpha value is -1.66. The minimum Gasteiger partial charge on any atom is -0.461 e. The van der Waals surface area contributed by atoms with Gasteiger partial charge in [-0.3, -0.25) is 9.59 Å². The van der Waals surface area contributed by atoms with Crippen LogP contribution in [0.5, 0.6) is 0 Å². The van der Waals surface area contributed by atoms with Crippen LogP contribution in [0.2, 0.25) is 0 Å². The smallest absolute Gasteiger partial charge is 0.326 e. The van der Waals surface area contributed by atoms with Crippen molar-refractivity contribution in [1.29, 1.82) is 5.26 Å². The van der Waals surface area contributed by atoms with Crippen molar-refractivity contribution in [3.05, 3.63) is 0 Å². The third kappa shape index (κ3) is 6.64. The average molecular weight is 592 g/mol. The van der Waals surface area contributed by atoms with Crippen LogP contribution in [0.15, 0.2) is 0 Å². The van der Waals surface area contributed by atoms with Crippen LogP contribution in [-0.2, 0) is 24.3 Å². The van der Waals surface area contributed by atoms with Crippen LogP contribution < -0.4 is 5.32 Å². The predicted molar refractivity (Wildman–Crippen MR) is 159 cm³/mol. The SMILES string of the molecule is CC(=O)NCCCC[C@](C)(C#N)C(=O)O[C@@H]1C[C@H]2CC[C@]1(CS(=O)(=O)N(C1CCCCC1)C1CCCCC1)C2(C)C. The minimum atomic E-state index is -3.61. The Morgan fingerprint density at radius 2 is 1.59 bits per heavy atom. The van der Waals surface area contributed by atoms with Crippen molar-refractivity contribution in [2.45, 2.75) is 149 Å². The molecule has 4 saturated carbocycles. The van der Waals surface area contributed by atoms with E-state index < -0.39 is 32.9 Å². The van der Waals surface area contributed by atoms with E-state index in [-0.39, 0.29) is 29.2 Å². The monoisotopic (exact) mass is 591 g/mol. The lowest BCUT2D eigenvalue weighted by atomic mass is 9.69. The molecule has 4 fully saturated rings. The molecule has 9 heteroatoms. The van der Waals surface area contributed by atoms with Gasteiger partial charge < -0.3 is 10.1 Å². The van der Waals surface area contributed by atoms with E-state index in [2.05, 4.69) is 25.2 Å². The second-order valence-electron chi connectivity index (χ2n) is 14.3. The van der Waals surface area contributed by atoms with Gasteiger partial charge in [-0.05, 0) is 82.5 Å². The van der Waals surface area contributed by atoms with Crippen molar-refractivity contribution in [2.24, 2.45) is 22.2 Å². The second-order valence-corrected chi connectivity index (χ2v) is 16.2. The summed E-state index contributed by atoms with van der Waals surface area (Å²) in [4.78, 5) is 24.7. The molecule has 4 atom stereocenters. The number of nitriles is 1. The molecule has 4 aliphatic rings. The maximum Gasteiger partial charge on any atom is 0.326 e. The third-order valence-electron chi connectivity index (χ3n) is 11.4. The van der Waals surface area contributed by atoms with Gasteiger partial charge >= 0.3 is 5.97 Å². The van der Waals surface area contributed by atoms with Gasteiger partial charge in [-0.1, -0.05) is 52.4 Å². The Morgan fingerprint density at radius 1 is 1.00 bits per heavy atom. The summed E-state index contributed by atoms with van der Waals surface area (Å²) in [6, 6.07) is 2.35. The van der Waals surface area contributed by atoms with Gasteiger partial charge in [0.25, 0.3) is 0 Å².